The molecule has 12 heteroatoms. The van der Waals surface area contributed by atoms with Gasteiger partial charge in [-0.25, -0.2) is 0 Å². The number of aromatic nitrogens is 1. The molecule has 4 aromatic rings. The molecule has 10 nitrogen and oxygen atoms in total. The minimum Gasteiger partial charge on any atom is -0.493 e. The quantitative estimate of drug-likeness (QED) is 0.185. The van der Waals surface area contributed by atoms with Gasteiger partial charge in [0.15, 0.2) is 11.5 Å². The number of rotatable bonds is 11. The lowest BCUT2D eigenvalue weighted by atomic mass is 10.00. The van der Waals surface area contributed by atoms with Crippen molar-refractivity contribution in [2.75, 3.05) is 27.9 Å². The highest BCUT2D eigenvalue weighted by atomic mass is 35.5. The summed E-state index contributed by atoms with van der Waals surface area (Å²) in [6, 6.07) is 16.0. The Bertz CT molecular complexity index is 1660. The second-order valence-electron chi connectivity index (χ2n) is 11.3. The molecule has 238 valence electrons. The van der Waals surface area contributed by atoms with E-state index in [1.807, 2.05) is 45.0 Å². The summed E-state index contributed by atoms with van der Waals surface area (Å²) in [6.07, 6.45) is 0. The minimum absolute atomic E-state index is 0.118. The predicted molar refractivity (Wildman–Crippen MR) is 174 cm³/mol. The van der Waals surface area contributed by atoms with Gasteiger partial charge >= 0.3 is 0 Å². The number of hydrogen-bond acceptors (Lipinski definition) is 6. The smallest absolute Gasteiger partial charge is 0.271 e. The van der Waals surface area contributed by atoms with Crippen molar-refractivity contribution in [1.29, 1.82) is 0 Å². The molecule has 0 spiro atoms. The Balaban J connectivity index is 1.81. The van der Waals surface area contributed by atoms with E-state index in [-0.39, 0.29) is 23.7 Å². The zero-order valence-electron chi connectivity index (χ0n) is 25.9. The molecule has 3 aromatic carbocycles. The average molecular weight is 656 g/mol. The van der Waals surface area contributed by atoms with E-state index in [4.69, 9.17) is 37.4 Å². The lowest BCUT2D eigenvalue weighted by Gasteiger charge is -2.33. The number of aromatic amines is 1. The van der Waals surface area contributed by atoms with E-state index in [1.165, 1.54) is 26.2 Å². The van der Waals surface area contributed by atoms with Crippen LogP contribution in [-0.2, 0) is 16.1 Å². The lowest BCUT2D eigenvalue weighted by molar-refractivity contribution is -0.129. The summed E-state index contributed by atoms with van der Waals surface area (Å²) in [5.41, 5.74) is 1.32. The predicted octanol–water partition coefficient (Wildman–Crippen LogP) is 5.92. The largest absolute Gasteiger partial charge is 0.493 e. The summed E-state index contributed by atoms with van der Waals surface area (Å²) >= 11 is 12.2. The Morgan fingerprint density at radius 3 is 2.13 bits per heavy atom. The molecule has 45 heavy (non-hydrogen) atoms. The Morgan fingerprint density at radius 2 is 1.56 bits per heavy atom. The highest BCUT2D eigenvalue weighted by Crippen LogP contribution is 2.41. The first-order chi connectivity index (χ1) is 21.3. The van der Waals surface area contributed by atoms with Gasteiger partial charge in [-0.1, -0.05) is 47.5 Å². The van der Waals surface area contributed by atoms with Crippen LogP contribution in [0.1, 0.15) is 48.4 Å². The summed E-state index contributed by atoms with van der Waals surface area (Å²) in [6.45, 7) is 5.13. The maximum Gasteiger partial charge on any atom is 0.271 e. The fourth-order valence-electron chi connectivity index (χ4n) is 4.85. The number of carbonyl (C=O) groups excluding carboxylic acids is 3. The second-order valence-corrected chi connectivity index (χ2v) is 12.1. The number of ether oxygens (including phenoxy) is 3. The Labute approximate surface area is 271 Å². The van der Waals surface area contributed by atoms with Crippen LogP contribution < -0.4 is 24.8 Å². The molecule has 1 atom stereocenters. The van der Waals surface area contributed by atoms with Crippen LogP contribution in [0.4, 0.5) is 0 Å². The maximum absolute atomic E-state index is 14.3. The highest BCUT2D eigenvalue weighted by molar-refractivity contribution is 6.42. The standard InChI is InChI=1S/C33H36Cl2N4O6/c1-33(2,3)38-31(41)29(21-15-26(43-4)30(45-6)27(16-21)44-5)39(32(42)25-14-20-9-7-8-10-24(20)37-25)18-28(40)36-17-19-11-12-22(34)23(35)13-19/h7-16,29,37H,17-18H2,1-6H3,(H,36,40)(H,38,41). The van der Waals surface area contributed by atoms with Crippen molar-refractivity contribution in [2.24, 2.45) is 0 Å². The third-order valence-corrected chi connectivity index (χ3v) is 7.61. The third-order valence-electron chi connectivity index (χ3n) is 6.87. The fraction of sp³-hybridized carbons (Fsp3) is 0.303. The van der Waals surface area contributed by atoms with Crippen LogP contribution in [0.15, 0.2) is 60.7 Å². The van der Waals surface area contributed by atoms with Crippen molar-refractivity contribution in [1.82, 2.24) is 20.5 Å². The molecule has 0 radical (unpaired) electrons. The van der Waals surface area contributed by atoms with Gasteiger partial charge in [-0.05, 0) is 68.3 Å². The number of H-pyrrole nitrogens is 1. The molecule has 1 heterocycles. The molecule has 0 aliphatic rings. The van der Waals surface area contributed by atoms with Crippen LogP contribution in [-0.4, -0.2) is 61.0 Å². The van der Waals surface area contributed by atoms with E-state index in [0.717, 1.165) is 10.9 Å². The van der Waals surface area contributed by atoms with E-state index in [2.05, 4.69) is 15.6 Å². The third kappa shape index (κ3) is 8.01. The van der Waals surface area contributed by atoms with Gasteiger partial charge in [-0.3, -0.25) is 14.4 Å². The molecule has 0 fully saturated rings. The first kappa shape index (κ1) is 33.5. The number of hydrogen-bond donors (Lipinski definition) is 3. The van der Waals surface area contributed by atoms with Crippen molar-refractivity contribution >= 4 is 51.8 Å². The summed E-state index contributed by atoms with van der Waals surface area (Å²) in [5.74, 6) is -0.722. The molecule has 1 aromatic heterocycles. The number of methoxy groups -OCH3 is 3. The van der Waals surface area contributed by atoms with Crippen LogP contribution in [0.5, 0.6) is 17.2 Å². The van der Waals surface area contributed by atoms with Gasteiger partial charge in [0, 0.05) is 23.0 Å². The van der Waals surface area contributed by atoms with Gasteiger partial charge in [-0.2, -0.15) is 0 Å². The molecule has 0 aliphatic carbocycles. The molecular formula is C33H36Cl2N4O6. The van der Waals surface area contributed by atoms with Crippen molar-refractivity contribution in [3.63, 3.8) is 0 Å². The number of fused-ring (bicyclic) bond motifs is 1. The molecule has 3 N–H and O–H groups in total. The number of nitrogens with zero attached hydrogens (tertiary/aromatic N) is 1. The van der Waals surface area contributed by atoms with Crippen molar-refractivity contribution < 1.29 is 28.6 Å². The topological polar surface area (TPSA) is 122 Å². The Morgan fingerprint density at radius 1 is 0.889 bits per heavy atom. The molecule has 0 aliphatic heterocycles. The van der Waals surface area contributed by atoms with Gasteiger partial charge in [0.2, 0.25) is 17.6 Å². The average Bonchev–Trinajstić information content (AvgIpc) is 3.44. The van der Waals surface area contributed by atoms with E-state index in [9.17, 15) is 14.4 Å². The summed E-state index contributed by atoms with van der Waals surface area (Å²) in [4.78, 5) is 46.3. The van der Waals surface area contributed by atoms with Gasteiger partial charge in [0.1, 0.15) is 18.3 Å². The molecule has 0 bridgehead atoms. The van der Waals surface area contributed by atoms with Gasteiger partial charge in [-0.15, -0.1) is 0 Å². The first-order valence-electron chi connectivity index (χ1n) is 14.1. The highest BCUT2D eigenvalue weighted by Gasteiger charge is 2.37. The van der Waals surface area contributed by atoms with E-state index in [1.54, 1.807) is 36.4 Å². The lowest BCUT2D eigenvalue weighted by Crippen LogP contribution is -2.51. The van der Waals surface area contributed by atoms with E-state index < -0.39 is 35.8 Å². The number of nitrogens with one attached hydrogen (secondary N) is 3. The molecule has 1 unspecified atom stereocenters. The second kappa shape index (κ2) is 14.1. The Kier molecular flexibility index (Phi) is 10.5. The van der Waals surface area contributed by atoms with Crippen LogP contribution in [0, 0.1) is 0 Å². The normalized spacial score (nSPS) is 11.9. The Hall–Kier alpha value is -4.41. The summed E-state index contributed by atoms with van der Waals surface area (Å²) < 4.78 is 16.6. The van der Waals surface area contributed by atoms with Gasteiger partial charge in [0.25, 0.3) is 5.91 Å². The van der Waals surface area contributed by atoms with Crippen molar-refractivity contribution in [3.8, 4) is 17.2 Å². The first-order valence-corrected chi connectivity index (χ1v) is 14.8. The number of halogens is 2. The van der Waals surface area contributed by atoms with Crippen LogP contribution >= 0.6 is 23.2 Å². The zero-order chi connectivity index (χ0) is 32.9. The number of benzene rings is 3. The monoisotopic (exact) mass is 654 g/mol. The van der Waals surface area contributed by atoms with E-state index in [0.29, 0.717) is 26.9 Å². The van der Waals surface area contributed by atoms with Crippen molar-refractivity contribution in [3.05, 3.63) is 87.5 Å². The van der Waals surface area contributed by atoms with Crippen LogP contribution in [0.25, 0.3) is 10.9 Å². The molecular weight excluding hydrogens is 619 g/mol. The molecule has 0 saturated carbocycles. The van der Waals surface area contributed by atoms with Crippen LogP contribution in [0.2, 0.25) is 10.0 Å². The SMILES string of the molecule is COc1cc(C(C(=O)NC(C)(C)C)N(CC(=O)NCc2ccc(Cl)c(Cl)c2)C(=O)c2cc3ccccc3[nH]2)cc(OC)c1OC. The van der Waals surface area contributed by atoms with E-state index >= 15 is 0 Å². The number of carbonyl (C=O) groups is 3. The molecule has 3 amide bonds. The summed E-state index contributed by atoms with van der Waals surface area (Å²) in [5, 5.41) is 7.32. The maximum atomic E-state index is 14.3. The number of amides is 3. The van der Waals surface area contributed by atoms with Gasteiger partial charge < -0.3 is 34.7 Å². The fourth-order valence-corrected chi connectivity index (χ4v) is 5.18. The van der Waals surface area contributed by atoms with Gasteiger partial charge in [0.05, 0.1) is 31.4 Å². The molecule has 0 saturated heterocycles. The zero-order valence-corrected chi connectivity index (χ0v) is 27.4. The minimum atomic E-state index is -1.28. The molecule has 4 rings (SSSR count). The summed E-state index contributed by atoms with van der Waals surface area (Å²) in [7, 11) is 4.37. The van der Waals surface area contributed by atoms with Crippen molar-refractivity contribution in [2.45, 2.75) is 38.9 Å². The van der Waals surface area contributed by atoms with Crippen LogP contribution in [0.3, 0.4) is 0 Å². The number of para-hydroxylation sites is 1.